The maximum Gasteiger partial charge on any atom is 0.243 e. The SMILES string of the molecule is CC(C)C[C@@H](NC(=O)C1CCN(S(=O)(=O)c2ccccc2)CC1)C(=O)NCc1ccccn1. The van der Waals surface area contributed by atoms with E-state index in [1.165, 1.54) is 4.31 Å². The van der Waals surface area contributed by atoms with E-state index in [1.807, 2.05) is 32.0 Å². The number of benzene rings is 1. The summed E-state index contributed by atoms with van der Waals surface area (Å²) in [5, 5.41) is 5.75. The van der Waals surface area contributed by atoms with Crippen molar-refractivity contribution in [1.29, 1.82) is 0 Å². The minimum absolute atomic E-state index is 0.203. The van der Waals surface area contributed by atoms with Crippen LogP contribution in [0, 0.1) is 11.8 Å². The largest absolute Gasteiger partial charge is 0.349 e. The topological polar surface area (TPSA) is 108 Å². The smallest absolute Gasteiger partial charge is 0.243 e. The summed E-state index contributed by atoms with van der Waals surface area (Å²) in [6.45, 7) is 4.84. The average molecular weight is 473 g/mol. The zero-order valence-electron chi connectivity index (χ0n) is 19.1. The molecule has 2 heterocycles. The van der Waals surface area contributed by atoms with E-state index in [0.29, 0.717) is 25.8 Å². The minimum Gasteiger partial charge on any atom is -0.349 e. The van der Waals surface area contributed by atoms with Crippen molar-refractivity contribution in [2.24, 2.45) is 11.8 Å². The van der Waals surface area contributed by atoms with Crippen LogP contribution in [0.2, 0.25) is 0 Å². The van der Waals surface area contributed by atoms with Gasteiger partial charge in [-0.3, -0.25) is 14.6 Å². The first-order valence-corrected chi connectivity index (χ1v) is 12.7. The second-order valence-corrected chi connectivity index (χ2v) is 10.7. The Morgan fingerprint density at radius 1 is 1.06 bits per heavy atom. The molecule has 0 unspecified atom stereocenters. The van der Waals surface area contributed by atoms with E-state index in [-0.39, 0.29) is 41.6 Å². The lowest BCUT2D eigenvalue weighted by Gasteiger charge is -2.31. The quantitative estimate of drug-likeness (QED) is 0.582. The predicted molar refractivity (Wildman–Crippen MR) is 125 cm³/mol. The van der Waals surface area contributed by atoms with E-state index >= 15 is 0 Å². The Bertz CT molecular complexity index is 1020. The van der Waals surface area contributed by atoms with Gasteiger partial charge in [0.1, 0.15) is 6.04 Å². The molecule has 1 atom stereocenters. The Labute approximate surface area is 195 Å². The molecule has 0 saturated carbocycles. The summed E-state index contributed by atoms with van der Waals surface area (Å²) in [5.74, 6) is -0.559. The summed E-state index contributed by atoms with van der Waals surface area (Å²) >= 11 is 0. The number of pyridine rings is 1. The molecule has 33 heavy (non-hydrogen) atoms. The van der Waals surface area contributed by atoms with Gasteiger partial charge in [0.05, 0.1) is 17.1 Å². The van der Waals surface area contributed by atoms with Crippen LogP contribution in [-0.2, 0) is 26.2 Å². The van der Waals surface area contributed by atoms with Crippen LogP contribution in [-0.4, -0.2) is 48.7 Å². The van der Waals surface area contributed by atoms with Crippen LogP contribution in [0.5, 0.6) is 0 Å². The molecule has 0 radical (unpaired) electrons. The highest BCUT2D eigenvalue weighted by atomic mass is 32.2. The zero-order chi connectivity index (χ0) is 23.8. The third-order valence-corrected chi connectivity index (χ3v) is 7.63. The maximum atomic E-state index is 12.9. The molecule has 0 aliphatic carbocycles. The number of hydrogen-bond acceptors (Lipinski definition) is 5. The fraction of sp³-hybridized carbons (Fsp3) is 0.458. The average Bonchev–Trinajstić information content (AvgIpc) is 2.83. The summed E-state index contributed by atoms with van der Waals surface area (Å²) in [7, 11) is -3.57. The van der Waals surface area contributed by atoms with Crippen LogP contribution in [0.25, 0.3) is 0 Å². The van der Waals surface area contributed by atoms with Crippen LogP contribution in [0.15, 0.2) is 59.6 Å². The monoisotopic (exact) mass is 472 g/mol. The predicted octanol–water partition coefficient (Wildman–Crippen LogP) is 2.33. The Morgan fingerprint density at radius 3 is 2.33 bits per heavy atom. The fourth-order valence-corrected chi connectivity index (χ4v) is 5.39. The first-order valence-electron chi connectivity index (χ1n) is 11.3. The minimum atomic E-state index is -3.57. The standard InChI is InChI=1S/C24H32N4O4S/c1-18(2)16-22(24(30)26-17-20-8-6-7-13-25-20)27-23(29)19-11-14-28(15-12-19)33(31,32)21-9-4-3-5-10-21/h3-10,13,18-19,22H,11-12,14-17H2,1-2H3,(H,26,30)(H,27,29)/t22-/m1/s1. The van der Waals surface area contributed by atoms with Gasteiger partial charge in [-0.25, -0.2) is 8.42 Å². The second kappa shape index (κ2) is 11.4. The van der Waals surface area contributed by atoms with Crippen molar-refractivity contribution < 1.29 is 18.0 Å². The number of nitrogens with one attached hydrogen (secondary N) is 2. The molecular weight excluding hydrogens is 440 g/mol. The molecule has 0 spiro atoms. The van der Waals surface area contributed by atoms with E-state index in [9.17, 15) is 18.0 Å². The van der Waals surface area contributed by atoms with E-state index in [1.54, 1.807) is 36.5 Å². The lowest BCUT2D eigenvalue weighted by Crippen LogP contribution is -2.50. The molecule has 1 saturated heterocycles. The summed E-state index contributed by atoms with van der Waals surface area (Å²) in [5.41, 5.74) is 0.743. The van der Waals surface area contributed by atoms with Crippen molar-refractivity contribution in [2.75, 3.05) is 13.1 Å². The van der Waals surface area contributed by atoms with E-state index in [2.05, 4.69) is 15.6 Å². The van der Waals surface area contributed by atoms with Crippen molar-refractivity contribution in [3.8, 4) is 0 Å². The molecule has 8 nitrogen and oxygen atoms in total. The molecule has 1 aromatic heterocycles. The van der Waals surface area contributed by atoms with Gasteiger partial charge in [0, 0.05) is 25.2 Å². The first-order chi connectivity index (χ1) is 15.8. The van der Waals surface area contributed by atoms with Crippen molar-refractivity contribution in [1.82, 2.24) is 19.9 Å². The lowest BCUT2D eigenvalue weighted by molar-refractivity contribution is -0.132. The van der Waals surface area contributed by atoms with Crippen molar-refractivity contribution in [3.05, 3.63) is 60.4 Å². The third-order valence-electron chi connectivity index (χ3n) is 5.72. The normalized spacial score (nSPS) is 16.3. The van der Waals surface area contributed by atoms with Crippen LogP contribution in [0.4, 0.5) is 0 Å². The molecule has 0 bridgehead atoms. The summed E-state index contributed by atoms with van der Waals surface area (Å²) in [6.07, 6.45) is 3.02. The molecule has 2 amide bonds. The number of carbonyl (C=O) groups excluding carboxylic acids is 2. The van der Waals surface area contributed by atoms with Crippen LogP contribution < -0.4 is 10.6 Å². The van der Waals surface area contributed by atoms with Crippen LogP contribution in [0.3, 0.4) is 0 Å². The van der Waals surface area contributed by atoms with Crippen molar-refractivity contribution >= 4 is 21.8 Å². The number of sulfonamides is 1. The number of piperidine rings is 1. The Balaban J connectivity index is 1.56. The highest BCUT2D eigenvalue weighted by Gasteiger charge is 2.33. The van der Waals surface area contributed by atoms with Gasteiger partial charge in [-0.2, -0.15) is 4.31 Å². The number of aromatic nitrogens is 1. The molecule has 1 aliphatic heterocycles. The number of amides is 2. The van der Waals surface area contributed by atoms with Crippen LogP contribution in [0.1, 0.15) is 38.8 Å². The molecule has 1 aromatic carbocycles. The molecule has 9 heteroatoms. The van der Waals surface area contributed by atoms with E-state index in [4.69, 9.17) is 0 Å². The van der Waals surface area contributed by atoms with Gasteiger partial charge < -0.3 is 10.6 Å². The zero-order valence-corrected chi connectivity index (χ0v) is 19.9. The van der Waals surface area contributed by atoms with Gasteiger partial charge in [-0.05, 0) is 49.4 Å². The van der Waals surface area contributed by atoms with Gasteiger partial charge >= 0.3 is 0 Å². The Kier molecular flexibility index (Phi) is 8.57. The number of carbonyl (C=O) groups is 2. The van der Waals surface area contributed by atoms with E-state index in [0.717, 1.165) is 5.69 Å². The van der Waals surface area contributed by atoms with Gasteiger partial charge in [0.2, 0.25) is 21.8 Å². The van der Waals surface area contributed by atoms with Gasteiger partial charge in [-0.15, -0.1) is 0 Å². The molecule has 2 aromatic rings. The Hall–Kier alpha value is -2.78. The number of hydrogen-bond donors (Lipinski definition) is 2. The molecule has 1 aliphatic rings. The van der Waals surface area contributed by atoms with Gasteiger partial charge in [-0.1, -0.05) is 38.1 Å². The lowest BCUT2D eigenvalue weighted by atomic mass is 9.95. The summed E-state index contributed by atoms with van der Waals surface area (Å²) < 4.78 is 27.0. The molecule has 178 valence electrons. The maximum absolute atomic E-state index is 12.9. The number of nitrogens with zero attached hydrogens (tertiary/aromatic N) is 2. The van der Waals surface area contributed by atoms with E-state index < -0.39 is 16.1 Å². The molecule has 3 rings (SSSR count). The third kappa shape index (κ3) is 6.85. The fourth-order valence-electron chi connectivity index (χ4n) is 3.90. The highest BCUT2D eigenvalue weighted by Crippen LogP contribution is 2.24. The molecular formula is C24H32N4O4S. The van der Waals surface area contributed by atoms with Crippen molar-refractivity contribution in [2.45, 2.75) is 50.6 Å². The number of rotatable bonds is 9. The molecule has 2 N–H and O–H groups in total. The molecule has 1 fully saturated rings. The van der Waals surface area contributed by atoms with Crippen molar-refractivity contribution in [3.63, 3.8) is 0 Å². The summed E-state index contributed by atoms with van der Waals surface area (Å²) in [4.78, 5) is 30.2. The van der Waals surface area contributed by atoms with Gasteiger partial charge in [0.15, 0.2) is 0 Å². The Morgan fingerprint density at radius 2 is 1.73 bits per heavy atom. The van der Waals surface area contributed by atoms with Crippen LogP contribution >= 0.6 is 0 Å². The van der Waals surface area contributed by atoms with Gasteiger partial charge in [0.25, 0.3) is 0 Å². The second-order valence-electron chi connectivity index (χ2n) is 8.72. The summed E-state index contributed by atoms with van der Waals surface area (Å²) in [6, 6.07) is 13.2. The highest BCUT2D eigenvalue weighted by molar-refractivity contribution is 7.89. The first kappa shape index (κ1) is 24.9.